The summed E-state index contributed by atoms with van der Waals surface area (Å²) in [5.74, 6) is 2.21. The zero-order chi connectivity index (χ0) is 21.9. The van der Waals surface area contributed by atoms with Crippen LogP contribution in [-0.4, -0.2) is 19.0 Å². The number of ketones is 1. The van der Waals surface area contributed by atoms with Crippen LogP contribution in [0.25, 0.3) is 6.08 Å². The average Bonchev–Trinajstić information content (AvgIpc) is 2.79. The number of unbranched alkanes of at least 4 members (excludes halogenated alkanes) is 2. The van der Waals surface area contributed by atoms with Crippen LogP contribution < -0.4 is 9.47 Å². The van der Waals surface area contributed by atoms with Gasteiger partial charge in [-0.15, -0.1) is 0 Å². The summed E-state index contributed by atoms with van der Waals surface area (Å²) in [6.45, 7) is 5.82. The van der Waals surface area contributed by atoms with Crippen LogP contribution in [0.2, 0.25) is 0 Å². The van der Waals surface area contributed by atoms with E-state index in [1.165, 1.54) is 5.56 Å². The third-order valence-corrected chi connectivity index (χ3v) is 5.53. The van der Waals surface area contributed by atoms with Gasteiger partial charge in [0, 0.05) is 6.42 Å². The maximum atomic E-state index is 12.3. The maximum absolute atomic E-state index is 12.3. The van der Waals surface area contributed by atoms with Crippen LogP contribution in [0.15, 0.2) is 66.3 Å². The Morgan fingerprint density at radius 1 is 0.806 bits per heavy atom. The second-order valence-electron chi connectivity index (χ2n) is 8.17. The largest absolute Gasteiger partial charge is 0.494 e. The van der Waals surface area contributed by atoms with Gasteiger partial charge in [0.05, 0.1) is 13.2 Å². The van der Waals surface area contributed by atoms with Gasteiger partial charge in [0.25, 0.3) is 0 Å². The molecular weight excluding hydrogens is 384 g/mol. The van der Waals surface area contributed by atoms with Crippen LogP contribution in [-0.2, 0) is 4.79 Å². The highest BCUT2D eigenvalue weighted by Crippen LogP contribution is 2.33. The predicted octanol–water partition coefficient (Wildman–Crippen LogP) is 7.13. The average molecular weight is 419 g/mol. The fourth-order valence-electron chi connectivity index (χ4n) is 3.66. The molecule has 3 nitrogen and oxygen atoms in total. The van der Waals surface area contributed by atoms with Crippen LogP contribution in [0.5, 0.6) is 11.5 Å². The van der Waals surface area contributed by atoms with Gasteiger partial charge in [0.15, 0.2) is 5.78 Å². The molecule has 1 atom stereocenters. The molecule has 1 aliphatic carbocycles. The van der Waals surface area contributed by atoms with Crippen molar-refractivity contribution in [1.82, 2.24) is 0 Å². The van der Waals surface area contributed by atoms with Gasteiger partial charge < -0.3 is 9.47 Å². The van der Waals surface area contributed by atoms with E-state index in [9.17, 15) is 4.79 Å². The second kappa shape index (κ2) is 12.1. The molecule has 0 radical (unpaired) electrons. The van der Waals surface area contributed by atoms with Gasteiger partial charge in [0.1, 0.15) is 11.5 Å². The van der Waals surface area contributed by atoms with E-state index in [1.807, 2.05) is 24.3 Å². The van der Waals surface area contributed by atoms with Gasteiger partial charge in [-0.1, -0.05) is 63.1 Å². The quantitative estimate of drug-likeness (QED) is 0.364. The molecule has 0 unspecified atom stereocenters. The van der Waals surface area contributed by atoms with Crippen LogP contribution in [0.4, 0.5) is 0 Å². The zero-order valence-electron chi connectivity index (χ0n) is 18.8. The van der Waals surface area contributed by atoms with E-state index >= 15 is 0 Å². The lowest BCUT2D eigenvalue weighted by Gasteiger charge is -2.21. The van der Waals surface area contributed by atoms with E-state index in [-0.39, 0.29) is 11.7 Å². The van der Waals surface area contributed by atoms with E-state index in [2.05, 4.69) is 50.3 Å². The molecule has 0 heterocycles. The molecule has 0 aliphatic heterocycles. The first-order valence-electron chi connectivity index (χ1n) is 11.5. The van der Waals surface area contributed by atoms with E-state index in [4.69, 9.17) is 9.47 Å². The third-order valence-electron chi connectivity index (χ3n) is 5.53. The molecule has 2 aromatic rings. The maximum Gasteiger partial charge on any atom is 0.156 e. The minimum atomic E-state index is 0.193. The van der Waals surface area contributed by atoms with Crippen molar-refractivity contribution in [2.45, 2.75) is 58.3 Å². The smallest absolute Gasteiger partial charge is 0.156 e. The number of carbonyl (C=O) groups is 1. The molecular formula is C28H34O3. The summed E-state index contributed by atoms with van der Waals surface area (Å²) >= 11 is 0. The summed E-state index contributed by atoms with van der Waals surface area (Å²) in [4.78, 5) is 12.3. The third kappa shape index (κ3) is 7.43. The fraction of sp³-hybridized carbons (Fsp3) is 0.393. The van der Waals surface area contributed by atoms with Crippen molar-refractivity contribution in [3.63, 3.8) is 0 Å². The van der Waals surface area contributed by atoms with Crippen molar-refractivity contribution in [3.05, 3.63) is 77.4 Å². The molecule has 0 N–H and O–H groups in total. The summed E-state index contributed by atoms with van der Waals surface area (Å²) in [5, 5.41) is 0. The summed E-state index contributed by atoms with van der Waals surface area (Å²) in [5.41, 5.74) is 3.38. The van der Waals surface area contributed by atoms with Gasteiger partial charge in [-0.05, 0) is 72.2 Å². The van der Waals surface area contributed by atoms with Gasteiger partial charge in [-0.2, -0.15) is 0 Å². The zero-order valence-corrected chi connectivity index (χ0v) is 18.8. The Morgan fingerprint density at radius 2 is 1.39 bits per heavy atom. The molecule has 31 heavy (non-hydrogen) atoms. The molecule has 2 aromatic carbocycles. The van der Waals surface area contributed by atoms with Crippen molar-refractivity contribution in [2.75, 3.05) is 13.2 Å². The standard InChI is InChI=1S/C28H34O3/c1-3-5-17-30-27-13-9-22(10-14-27)7-8-23-19-25(21-26(29)20-23)24-11-15-28(16-12-24)31-18-6-4-2/h7-16,20,25H,3-6,17-19,21H2,1-2H3/t25-/m0/s1. The minimum absolute atomic E-state index is 0.193. The summed E-state index contributed by atoms with van der Waals surface area (Å²) in [6, 6.07) is 16.4. The number of benzene rings is 2. The molecule has 0 saturated heterocycles. The number of hydrogen-bond acceptors (Lipinski definition) is 3. The molecule has 1 aliphatic rings. The highest BCUT2D eigenvalue weighted by molar-refractivity contribution is 5.92. The van der Waals surface area contributed by atoms with E-state index in [0.29, 0.717) is 6.42 Å². The molecule has 0 bridgehead atoms. The highest BCUT2D eigenvalue weighted by Gasteiger charge is 2.21. The molecule has 164 valence electrons. The number of rotatable bonds is 11. The van der Waals surface area contributed by atoms with Crippen molar-refractivity contribution >= 4 is 11.9 Å². The van der Waals surface area contributed by atoms with E-state index in [1.54, 1.807) is 6.08 Å². The Balaban J connectivity index is 1.58. The number of ether oxygens (including phenoxy) is 2. The summed E-state index contributed by atoms with van der Waals surface area (Å²) in [6.07, 6.45) is 11.8. The fourth-order valence-corrected chi connectivity index (χ4v) is 3.66. The lowest BCUT2D eigenvalue weighted by atomic mass is 9.83. The molecule has 0 fully saturated rings. The highest BCUT2D eigenvalue weighted by atomic mass is 16.5. The Kier molecular flexibility index (Phi) is 8.96. The van der Waals surface area contributed by atoms with E-state index in [0.717, 1.165) is 68.0 Å². The second-order valence-corrected chi connectivity index (χ2v) is 8.17. The van der Waals surface area contributed by atoms with Crippen molar-refractivity contribution in [3.8, 4) is 11.5 Å². The Labute approximate surface area is 186 Å². The van der Waals surface area contributed by atoms with Crippen LogP contribution in [0.1, 0.15) is 69.4 Å². The SMILES string of the molecule is CCCCOc1ccc(C=CC2=CC(=O)C[C@@H](c3ccc(OCCCC)cc3)C2)cc1. The van der Waals surface area contributed by atoms with Crippen molar-refractivity contribution < 1.29 is 14.3 Å². The van der Waals surface area contributed by atoms with Gasteiger partial charge in [-0.25, -0.2) is 0 Å². The predicted molar refractivity (Wildman–Crippen MR) is 128 cm³/mol. The van der Waals surface area contributed by atoms with Gasteiger partial charge >= 0.3 is 0 Å². The Hall–Kier alpha value is -2.81. The first-order chi connectivity index (χ1) is 15.2. The first kappa shape index (κ1) is 22.9. The number of allylic oxidation sites excluding steroid dienone is 3. The van der Waals surface area contributed by atoms with Crippen LogP contribution >= 0.6 is 0 Å². The number of hydrogen-bond donors (Lipinski definition) is 0. The Morgan fingerprint density at radius 3 is 1.97 bits per heavy atom. The molecule has 0 spiro atoms. The Bertz CT molecular complexity index is 875. The molecule has 3 heteroatoms. The van der Waals surface area contributed by atoms with Gasteiger partial charge in [-0.3, -0.25) is 4.79 Å². The van der Waals surface area contributed by atoms with Gasteiger partial charge in [0.2, 0.25) is 0 Å². The van der Waals surface area contributed by atoms with Crippen LogP contribution in [0.3, 0.4) is 0 Å². The lowest BCUT2D eigenvalue weighted by molar-refractivity contribution is -0.115. The van der Waals surface area contributed by atoms with Crippen molar-refractivity contribution in [2.24, 2.45) is 0 Å². The van der Waals surface area contributed by atoms with Crippen molar-refractivity contribution in [1.29, 1.82) is 0 Å². The molecule has 3 rings (SSSR count). The monoisotopic (exact) mass is 418 g/mol. The summed E-state index contributed by atoms with van der Waals surface area (Å²) in [7, 11) is 0. The lowest BCUT2D eigenvalue weighted by Crippen LogP contribution is -2.12. The summed E-state index contributed by atoms with van der Waals surface area (Å²) < 4.78 is 11.5. The normalized spacial score (nSPS) is 16.4. The molecule has 0 saturated carbocycles. The number of carbonyl (C=O) groups excluding carboxylic acids is 1. The minimum Gasteiger partial charge on any atom is -0.494 e. The first-order valence-corrected chi connectivity index (χ1v) is 11.5. The van der Waals surface area contributed by atoms with Crippen LogP contribution in [0, 0.1) is 0 Å². The molecule has 0 aromatic heterocycles. The topological polar surface area (TPSA) is 35.5 Å². The van der Waals surface area contributed by atoms with E-state index < -0.39 is 0 Å². The molecule has 0 amide bonds.